The smallest absolute Gasteiger partial charge is 0.406 e. The molecule has 21 heavy (non-hydrogen) atoms. The molecule has 0 radical (unpaired) electrons. The van der Waals surface area contributed by atoms with E-state index < -0.39 is 24.5 Å². The third-order valence-corrected chi connectivity index (χ3v) is 3.91. The molecule has 7 heteroatoms. The predicted octanol–water partition coefficient (Wildman–Crippen LogP) is 3.12. The van der Waals surface area contributed by atoms with Crippen LogP contribution in [0.1, 0.15) is 30.5 Å². The lowest BCUT2D eigenvalue weighted by atomic mass is 9.90. The van der Waals surface area contributed by atoms with E-state index in [2.05, 4.69) is 5.32 Å². The lowest BCUT2D eigenvalue weighted by Crippen LogP contribution is -2.66. The molecule has 4 nitrogen and oxygen atoms in total. The van der Waals surface area contributed by atoms with Gasteiger partial charge < -0.3 is 10.1 Å². The minimum Gasteiger partial charge on any atom is -0.468 e. The molecule has 1 saturated heterocycles. The summed E-state index contributed by atoms with van der Waals surface area (Å²) in [4.78, 5) is 12.7. The fourth-order valence-electron chi connectivity index (χ4n) is 2.94. The number of carbonyl (C=O) groups excluding carboxylic acids is 1. The van der Waals surface area contributed by atoms with Crippen LogP contribution in [-0.2, 0) is 0 Å². The third-order valence-electron chi connectivity index (χ3n) is 3.91. The maximum Gasteiger partial charge on any atom is 0.406 e. The molecule has 0 spiro atoms. The number of hydrogen-bond acceptors (Lipinski definition) is 2. The van der Waals surface area contributed by atoms with Gasteiger partial charge in [-0.2, -0.15) is 13.2 Å². The molecule has 3 rings (SSSR count). The normalized spacial score (nSPS) is 27.8. The zero-order chi connectivity index (χ0) is 15.4. The Hall–Kier alpha value is -1.92. The van der Waals surface area contributed by atoms with Crippen molar-refractivity contribution in [2.75, 3.05) is 6.54 Å². The Bertz CT molecular complexity index is 602. The summed E-state index contributed by atoms with van der Waals surface area (Å²) in [7, 11) is 0. The summed E-state index contributed by atoms with van der Waals surface area (Å²) in [6.45, 7) is 2.07. The first-order chi connectivity index (χ1) is 9.68. The molecule has 2 unspecified atom stereocenters. The van der Waals surface area contributed by atoms with E-state index in [0.717, 1.165) is 16.0 Å². The second kappa shape index (κ2) is 4.29. The van der Waals surface area contributed by atoms with Crippen LogP contribution in [0.3, 0.4) is 0 Å². The van der Waals surface area contributed by atoms with Crippen molar-refractivity contribution in [1.82, 2.24) is 10.2 Å². The lowest BCUT2D eigenvalue weighted by Gasteiger charge is -2.50. The molecule has 2 heterocycles. The van der Waals surface area contributed by atoms with Crippen LogP contribution in [0.15, 0.2) is 18.2 Å². The number of urea groups is 1. The van der Waals surface area contributed by atoms with Gasteiger partial charge in [0.1, 0.15) is 12.3 Å². The van der Waals surface area contributed by atoms with Gasteiger partial charge in [-0.15, -0.1) is 0 Å². The molecule has 2 bridgehead atoms. The maximum atomic E-state index is 12.7. The fraction of sp³-hybridized carbons (Fsp3) is 0.500. The summed E-state index contributed by atoms with van der Waals surface area (Å²) in [5.74, 6) is 0.529. The number of fused-ring (bicyclic) bond motifs is 4. The summed E-state index contributed by atoms with van der Waals surface area (Å²) in [6.07, 6.45) is -4.19. The Morgan fingerprint density at radius 3 is 2.86 bits per heavy atom. The van der Waals surface area contributed by atoms with Gasteiger partial charge in [0.2, 0.25) is 0 Å². The summed E-state index contributed by atoms with van der Waals surface area (Å²) in [6, 6.07) is 4.44. The van der Waals surface area contributed by atoms with Gasteiger partial charge in [-0.05, 0) is 25.5 Å². The number of nitrogens with one attached hydrogen (secondary N) is 1. The summed E-state index contributed by atoms with van der Waals surface area (Å²) < 4.78 is 43.8. The van der Waals surface area contributed by atoms with E-state index in [1.165, 1.54) is 6.92 Å². The van der Waals surface area contributed by atoms with Crippen molar-refractivity contribution < 1.29 is 22.7 Å². The molecule has 2 aliphatic heterocycles. The van der Waals surface area contributed by atoms with Gasteiger partial charge in [-0.3, -0.25) is 4.90 Å². The molecule has 2 amide bonds. The predicted molar refractivity (Wildman–Crippen MR) is 68.9 cm³/mol. The van der Waals surface area contributed by atoms with Crippen LogP contribution < -0.4 is 10.1 Å². The van der Waals surface area contributed by atoms with Crippen molar-refractivity contribution in [3.05, 3.63) is 29.3 Å². The van der Waals surface area contributed by atoms with Gasteiger partial charge in [-0.1, -0.05) is 12.1 Å². The van der Waals surface area contributed by atoms with E-state index in [4.69, 9.17) is 4.74 Å². The topological polar surface area (TPSA) is 41.6 Å². The number of rotatable bonds is 1. The van der Waals surface area contributed by atoms with Crippen LogP contribution in [0.5, 0.6) is 5.75 Å². The number of alkyl halides is 3. The van der Waals surface area contributed by atoms with Crippen LogP contribution in [0.4, 0.5) is 18.0 Å². The van der Waals surface area contributed by atoms with E-state index >= 15 is 0 Å². The Kier molecular flexibility index (Phi) is 2.86. The van der Waals surface area contributed by atoms with E-state index in [1.54, 1.807) is 6.07 Å². The molecule has 0 saturated carbocycles. The highest BCUT2D eigenvalue weighted by molar-refractivity contribution is 5.77. The Morgan fingerprint density at radius 1 is 1.48 bits per heavy atom. The molecule has 114 valence electrons. The summed E-state index contributed by atoms with van der Waals surface area (Å²) in [5, 5.41) is 2.63. The maximum absolute atomic E-state index is 12.7. The van der Waals surface area contributed by atoms with Crippen LogP contribution in [0.2, 0.25) is 0 Å². The molecule has 2 atom stereocenters. The molecule has 0 aliphatic carbocycles. The highest BCUT2D eigenvalue weighted by atomic mass is 19.4. The van der Waals surface area contributed by atoms with Crippen molar-refractivity contribution in [2.45, 2.75) is 38.2 Å². The zero-order valence-electron chi connectivity index (χ0n) is 11.6. The van der Waals surface area contributed by atoms with Crippen molar-refractivity contribution >= 4 is 6.03 Å². The van der Waals surface area contributed by atoms with Gasteiger partial charge in [0.25, 0.3) is 0 Å². The molecule has 1 N–H and O–H groups in total. The first-order valence-electron chi connectivity index (χ1n) is 6.62. The Morgan fingerprint density at radius 2 is 2.19 bits per heavy atom. The molecule has 1 aromatic rings. The molecule has 1 aromatic carbocycles. The highest BCUT2D eigenvalue weighted by Gasteiger charge is 2.52. The number of amides is 2. The van der Waals surface area contributed by atoms with Crippen molar-refractivity contribution in [3.8, 4) is 5.75 Å². The number of halogens is 3. The first kappa shape index (κ1) is 14.0. The van der Waals surface area contributed by atoms with Crippen molar-refractivity contribution in [1.29, 1.82) is 0 Å². The van der Waals surface area contributed by atoms with Gasteiger partial charge in [0.15, 0.2) is 5.72 Å². The van der Waals surface area contributed by atoms with Gasteiger partial charge in [0, 0.05) is 12.0 Å². The van der Waals surface area contributed by atoms with Crippen molar-refractivity contribution in [3.63, 3.8) is 0 Å². The number of aryl methyl sites for hydroxylation is 1. The third kappa shape index (κ3) is 2.41. The lowest BCUT2D eigenvalue weighted by molar-refractivity contribution is -0.180. The molecule has 2 aliphatic rings. The van der Waals surface area contributed by atoms with Crippen LogP contribution in [-0.4, -0.2) is 29.4 Å². The van der Waals surface area contributed by atoms with E-state index in [9.17, 15) is 18.0 Å². The highest BCUT2D eigenvalue weighted by Crippen LogP contribution is 2.44. The molecular formula is C14H15F3N2O2. The first-order valence-corrected chi connectivity index (χ1v) is 6.62. The van der Waals surface area contributed by atoms with Crippen LogP contribution in [0, 0.1) is 6.92 Å². The average molecular weight is 300 g/mol. The Balaban J connectivity index is 2.00. The summed E-state index contributed by atoms with van der Waals surface area (Å²) in [5.41, 5.74) is 0.465. The van der Waals surface area contributed by atoms with Crippen molar-refractivity contribution in [2.24, 2.45) is 0 Å². The second-order valence-electron chi connectivity index (χ2n) is 5.73. The van der Waals surface area contributed by atoms with Gasteiger partial charge in [0.05, 0.1) is 6.04 Å². The van der Waals surface area contributed by atoms with Gasteiger partial charge >= 0.3 is 12.2 Å². The number of benzene rings is 1. The minimum atomic E-state index is -4.47. The van der Waals surface area contributed by atoms with E-state index in [0.29, 0.717) is 5.75 Å². The summed E-state index contributed by atoms with van der Waals surface area (Å²) >= 11 is 0. The fourth-order valence-corrected chi connectivity index (χ4v) is 2.94. The number of ether oxygens (including phenoxy) is 1. The molecular weight excluding hydrogens is 285 g/mol. The monoisotopic (exact) mass is 300 g/mol. The largest absolute Gasteiger partial charge is 0.468 e. The number of carbonyl (C=O) groups is 1. The standard InChI is InChI=1S/C14H15F3N2O2/c1-8-3-4-9-10-6-13(2,21-11(9)5-8)19(12(20)18-10)7-14(15,16)17/h3-5,10H,6-7H2,1-2H3,(H,18,20). The number of hydrogen-bond donors (Lipinski definition) is 1. The zero-order valence-corrected chi connectivity index (χ0v) is 11.6. The number of nitrogens with zero attached hydrogens (tertiary/aromatic N) is 1. The van der Waals surface area contributed by atoms with Crippen LogP contribution in [0.25, 0.3) is 0 Å². The SMILES string of the molecule is Cc1ccc2c(c1)OC1(C)CC2NC(=O)N1CC(F)(F)F. The Labute approximate surface area is 119 Å². The quantitative estimate of drug-likeness (QED) is 0.866. The molecule has 1 fully saturated rings. The second-order valence-corrected chi connectivity index (χ2v) is 5.73. The van der Waals surface area contributed by atoms with E-state index in [1.807, 2.05) is 19.1 Å². The van der Waals surface area contributed by atoms with Crippen LogP contribution >= 0.6 is 0 Å². The van der Waals surface area contributed by atoms with Gasteiger partial charge in [-0.25, -0.2) is 4.79 Å². The minimum absolute atomic E-state index is 0.283. The molecule has 0 aromatic heterocycles. The van der Waals surface area contributed by atoms with E-state index in [-0.39, 0.29) is 12.5 Å². The average Bonchev–Trinajstić information content (AvgIpc) is 2.32.